The summed E-state index contributed by atoms with van der Waals surface area (Å²) in [6.07, 6.45) is -0.113. The van der Waals surface area contributed by atoms with Gasteiger partial charge >= 0.3 is 5.97 Å². The molecule has 2 aromatic rings. The molecule has 23 heavy (non-hydrogen) atoms. The van der Waals surface area contributed by atoms with Gasteiger partial charge in [0.25, 0.3) is 5.91 Å². The Morgan fingerprint density at radius 1 is 1.09 bits per heavy atom. The van der Waals surface area contributed by atoms with Crippen molar-refractivity contribution in [3.63, 3.8) is 0 Å². The summed E-state index contributed by atoms with van der Waals surface area (Å²) in [6, 6.07) is 10.2. The van der Waals surface area contributed by atoms with Crippen LogP contribution in [0, 0.1) is 5.82 Å². The molecule has 120 valence electrons. The number of esters is 1. The van der Waals surface area contributed by atoms with E-state index in [1.54, 1.807) is 12.1 Å². The van der Waals surface area contributed by atoms with Gasteiger partial charge in [0.1, 0.15) is 5.82 Å². The molecule has 4 nitrogen and oxygen atoms in total. The Hall–Kier alpha value is -2.11. The van der Waals surface area contributed by atoms with Crippen molar-refractivity contribution in [2.75, 3.05) is 11.9 Å². The number of ether oxygens (including phenoxy) is 1. The van der Waals surface area contributed by atoms with Crippen LogP contribution in [0.15, 0.2) is 42.5 Å². The Kier molecular flexibility index (Phi) is 5.96. The fourth-order valence-corrected chi connectivity index (χ4v) is 2.08. The van der Waals surface area contributed by atoms with Crippen LogP contribution in [0.1, 0.15) is 5.56 Å². The summed E-state index contributed by atoms with van der Waals surface area (Å²) in [6.45, 7) is -0.450. The number of benzene rings is 2. The summed E-state index contributed by atoms with van der Waals surface area (Å²) < 4.78 is 17.8. The lowest BCUT2D eigenvalue weighted by Gasteiger charge is -2.07. The Bertz CT molecular complexity index is 737. The van der Waals surface area contributed by atoms with Crippen molar-refractivity contribution < 1.29 is 18.7 Å². The Morgan fingerprint density at radius 3 is 2.57 bits per heavy atom. The maximum atomic E-state index is 13.0. The minimum absolute atomic E-state index is 0.113. The van der Waals surface area contributed by atoms with Gasteiger partial charge in [-0.2, -0.15) is 0 Å². The highest BCUT2D eigenvalue weighted by atomic mass is 35.5. The molecule has 0 bridgehead atoms. The Labute approximate surface area is 142 Å². The van der Waals surface area contributed by atoms with Gasteiger partial charge in [-0.25, -0.2) is 4.39 Å². The van der Waals surface area contributed by atoms with Crippen molar-refractivity contribution in [2.45, 2.75) is 6.42 Å². The van der Waals surface area contributed by atoms with Crippen LogP contribution in [0.3, 0.4) is 0 Å². The average molecular weight is 356 g/mol. The minimum Gasteiger partial charge on any atom is -0.455 e. The van der Waals surface area contributed by atoms with Gasteiger partial charge < -0.3 is 10.1 Å². The first-order valence-corrected chi connectivity index (χ1v) is 7.34. The first-order chi connectivity index (χ1) is 10.9. The maximum Gasteiger partial charge on any atom is 0.310 e. The van der Waals surface area contributed by atoms with Gasteiger partial charge in [0.15, 0.2) is 6.61 Å². The summed E-state index contributed by atoms with van der Waals surface area (Å²) in [5.41, 5.74) is 0.908. The number of rotatable bonds is 5. The molecule has 2 rings (SSSR count). The number of halogens is 3. The number of carbonyl (C=O) groups is 2. The molecule has 0 aliphatic rings. The number of nitrogens with one attached hydrogen (secondary N) is 1. The van der Waals surface area contributed by atoms with Gasteiger partial charge in [-0.1, -0.05) is 35.3 Å². The molecule has 0 unspecified atom stereocenters. The van der Waals surface area contributed by atoms with Gasteiger partial charge in [-0.05, 0) is 35.9 Å². The highest BCUT2D eigenvalue weighted by molar-refractivity contribution is 6.42. The number of anilines is 1. The second-order valence-corrected chi connectivity index (χ2v) is 5.46. The molecule has 7 heteroatoms. The van der Waals surface area contributed by atoms with Crippen LogP contribution in [0.25, 0.3) is 0 Å². The standard InChI is InChI=1S/C16H12Cl2FNO3/c17-13-5-4-12(8-14(13)18)20-15(21)9-23-16(22)7-10-2-1-3-11(19)6-10/h1-6,8H,7,9H2,(H,20,21). The third-order valence-electron chi connectivity index (χ3n) is 2.81. The van der Waals surface area contributed by atoms with Crippen LogP contribution >= 0.6 is 23.2 Å². The van der Waals surface area contributed by atoms with Crippen LogP contribution in [-0.4, -0.2) is 18.5 Å². The molecular formula is C16H12Cl2FNO3. The monoisotopic (exact) mass is 355 g/mol. The molecule has 0 fully saturated rings. The van der Waals surface area contributed by atoms with Crippen molar-refractivity contribution in [3.05, 3.63) is 63.9 Å². The van der Waals surface area contributed by atoms with Gasteiger partial charge in [-0.15, -0.1) is 0 Å². The Morgan fingerprint density at radius 2 is 1.87 bits per heavy atom. The maximum absolute atomic E-state index is 13.0. The average Bonchev–Trinajstić information content (AvgIpc) is 2.49. The molecular weight excluding hydrogens is 344 g/mol. The van der Waals surface area contributed by atoms with E-state index in [4.69, 9.17) is 27.9 Å². The smallest absolute Gasteiger partial charge is 0.310 e. The summed E-state index contributed by atoms with van der Waals surface area (Å²) >= 11 is 11.6. The predicted octanol–water partition coefficient (Wildman–Crippen LogP) is 3.86. The van der Waals surface area contributed by atoms with E-state index < -0.39 is 24.3 Å². The van der Waals surface area contributed by atoms with E-state index >= 15 is 0 Å². The molecule has 1 N–H and O–H groups in total. The molecule has 0 aromatic heterocycles. The van der Waals surface area contributed by atoms with Crippen LogP contribution in [-0.2, 0) is 20.7 Å². The molecule has 2 aromatic carbocycles. The lowest BCUT2D eigenvalue weighted by atomic mass is 10.1. The molecule has 0 heterocycles. The fraction of sp³-hybridized carbons (Fsp3) is 0.125. The van der Waals surface area contributed by atoms with Gasteiger partial charge in [0, 0.05) is 5.69 Å². The van der Waals surface area contributed by atoms with Crippen LogP contribution in [0.5, 0.6) is 0 Å². The van der Waals surface area contributed by atoms with Crippen LogP contribution in [0.2, 0.25) is 10.0 Å². The lowest BCUT2D eigenvalue weighted by Crippen LogP contribution is -2.21. The molecule has 0 saturated heterocycles. The third-order valence-corrected chi connectivity index (χ3v) is 3.54. The normalized spacial score (nSPS) is 10.2. The molecule has 0 radical (unpaired) electrons. The van der Waals surface area contributed by atoms with E-state index in [0.29, 0.717) is 21.3 Å². The number of hydrogen-bond acceptors (Lipinski definition) is 3. The highest BCUT2D eigenvalue weighted by Gasteiger charge is 2.10. The molecule has 0 atom stereocenters. The topological polar surface area (TPSA) is 55.4 Å². The van der Waals surface area contributed by atoms with Crippen molar-refractivity contribution in [1.82, 2.24) is 0 Å². The zero-order valence-electron chi connectivity index (χ0n) is 11.8. The van der Waals surface area contributed by atoms with Gasteiger partial charge in [0.05, 0.1) is 16.5 Å². The predicted molar refractivity (Wildman–Crippen MR) is 86.2 cm³/mol. The Balaban J connectivity index is 1.81. The van der Waals surface area contributed by atoms with Crippen LogP contribution < -0.4 is 5.32 Å². The first kappa shape index (κ1) is 17.2. The zero-order valence-corrected chi connectivity index (χ0v) is 13.3. The zero-order chi connectivity index (χ0) is 16.8. The summed E-state index contributed by atoms with van der Waals surface area (Å²) in [5.74, 6) is -1.58. The second-order valence-electron chi connectivity index (χ2n) is 4.64. The van der Waals surface area contributed by atoms with Gasteiger partial charge in [0.2, 0.25) is 0 Å². The van der Waals surface area contributed by atoms with E-state index in [9.17, 15) is 14.0 Å². The van der Waals surface area contributed by atoms with Crippen molar-refractivity contribution >= 4 is 40.8 Å². The molecule has 1 amide bonds. The highest BCUT2D eigenvalue weighted by Crippen LogP contribution is 2.24. The number of amides is 1. The SMILES string of the molecule is O=C(COC(=O)Cc1cccc(F)c1)Nc1ccc(Cl)c(Cl)c1. The molecule has 0 saturated carbocycles. The first-order valence-electron chi connectivity index (χ1n) is 6.59. The quantitative estimate of drug-likeness (QED) is 0.828. The fourth-order valence-electron chi connectivity index (χ4n) is 1.78. The van der Waals surface area contributed by atoms with E-state index in [-0.39, 0.29) is 6.42 Å². The van der Waals surface area contributed by atoms with E-state index in [1.165, 1.54) is 30.3 Å². The van der Waals surface area contributed by atoms with Crippen molar-refractivity contribution in [2.24, 2.45) is 0 Å². The number of hydrogen-bond donors (Lipinski definition) is 1. The largest absolute Gasteiger partial charge is 0.455 e. The second kappa shape index (κ2) is 7.94. The summed E-state index contributed by atoms with van der Waals surface area (Å²) in [4.78, 5) is 23.3. The van der Waals surface area contributed by atoms with Crippen LogP contribution in [0.4, 0.5) is 10.1 Å². The van der Waals surface area contributed by atoms with E-state index in [0.717, 1.165) is 0 Å². The van der Waals surface area contributed by atoms with Crippen molar-refractivity contribution in [1.29, 1.82) is 0 Å². The summed E-state index contributed by atoms with van der Waals surface area (Å²) in [7, 11) is 0. The molecule has 0 aliphatic carbocycles. The van der Waals surface area contributed by atoms with Gasteiger partial charge in [-0.3, -0.25) is 9.59 Å². The van der Waals surface area contributed by atoms with E-state index in [2.05, 4.69) is 5.32 Å². The number of carbonyl (C=O) groups excluding carboxylic acids is 2. The molecule has 0 aliphatic heterocycles. The summed E-state index contributed by atoms with van der Waals surface area (Å²) in [5, 5.41) is 3.18. The van der Waals surface area contributed by atoms with E-state index in [1.807, 2.05) is 0 Å². The lowest BCUT2D eigenvalue weighted by molar-refractivity contribution is -0.146. The third kappa shape index (κ3) is 5.54. The van der Waals surface area contributed by atoms with Crippen molar-refractivity contribution in [3.8, 4) is 0 Å². The minimum atomic E-state index is -0.625. The molecule has 0 spiro atoms.